The number of benzene rings is 2. The molecule has 1 unspecified atom stereocenters. The van der Waals surface area contributed by atoms with Gasteiger partial charge in [-0.05, 0) is 23.8 Å². The molecule has 1 fully saturated rings. The van der Waals surface area contributed by atoms with E-state index in [0.717, 1.165) is 35.8 Å². The zero-order valence-electron chi connectivity index (χ0n) is 11.7. The summed E-state index contributed by atoms with van der Waals surface area (Å²) in [5.74, 6) is 0.354. The normalized spacial score (nSPS) is 19.6. The predicted octanol–water partition coefficient (Wildman–Crippen LogP) is 3.62. The molecule has 0 aliphatic carbocycles. The van der Waals surface area contributed by atoms with Gasteiger partial charge in [-0.1, -0.05) is 41.9 Å². The van der Waals surface area contributed by atoms with Crippen molar-refractivity contribution in [1.82, 2.24) is 4.90 Å². The number of aromatic hydroxyl groups is 1. The molecule has 110 valence electrons. The number of para-hydroxylation sites is 1. The lowest BCUT2D eigenvalue weighted by Crippen LogP contribution is -2.37. The molecule has 3 nitrogen and oxygen atoms in total. The van der Waals surface area contributed by atoms with Crippen molar-refractivity contribution in [2.75, 3.05) is 19.7 Å². The van der Waals surface area contributed by atoms with Gasteiger partial charge in [-0.3, -0.25) is 4.90 Å². The maximum Gasteiger partial charge on any atom is 0.120 e. The zero-order chi connectivity index (χ0) is 14.7. The van der Waals surface area contributed by atoms with Crippen LogP contribution in [0, 0.1) is 0 Å². The molecular formula is C17H18ClNO2. The van der Waals surface area contributed by atoms with Gasteiger partial charge in [0.15, 0.2) is 0 Å². The summed E-state index contributed by atoms with van der Waals surface area (Å²) in [6.45, 7) is 3.12. The van der Waals surface area contributed by atoms with Crippen LogP contribution in [-0.2, 0) is 11.3 Å². The minimum absolute atomic E-state index is 0.0573. The number of phenolic OH excluding ortho intramolecular Hbond substituents is 1. The monoisotopic (exact) mass is 303 g/mol. The van der Waals surface area contributed by atoms with E-state index in [4.69, 9.17) is 16.3 Å². The van der Waals surface area contributed by atoms with Crippen molar-refractivity contribution >= 4 is 11.6 Å². The average Bonchev–Trinajstić information content (AvgIpc) is 2.51. The van der Waals surface area contributed by atoms with E-state index < -0.39 is 0 Å². The number of hydrogen-bond acceptors (Lipinski definition) is 3. The second-order valence-electron chi connectivity index (χ2n) is 5.27. The standard InChI is InChI=1S/C17H18ClNO2/c18-15-7-5-13(6-8-15)17-12-19(9-10-21-17)11-14-3-1-2-4-16(14)20/h1-8,17,20H,9-12H2. The Balaban J connectivity index is 1.68. The Hall–Kier alpha value is -1.55. The molecule has 2 aromatic rings. The molecule has 1 aliphatic rings. The van der Waals surface area contributed by atoms with E-state index in [-0.39, 0.29) is 6.10 Å². The lowest BCUT2D eigenvalue weighted by molar-refractivity contribution is -0.0331. The third-order valence-corrected chi connectivity index (χ3v) is 4.03. The van der Waals surface area contributed by atoms with Crippen LogP contribution >= 0.6 is 11.6 Å². The molecule has 1 N–H and O–H groups in total. The third-order valence-electron chi connectivity index (χ3n) is 3.78. The van der Waals surface area contributed by atoms with Crippen molar-refractivity contribution < 1.29 is 9.84 Å². The van der Waals surface area contributed by atoms with Crippen molar-refractivity contribution in [2.45, 2.75) is 12.6 Å². The van der Waals surface area contributed by atoms with Crippen LogP contribution in [-0.4, -0.2) is 29.7 Å². The minimum atomic E-state index is 0.0573. The number of halogens is 1. The molecule has 0 saturated carbocycles. The first kappa shape index (κ1) is 14.4. The van der Waals surface area contributed by atoms with E-state index in [2.05, 4.69) is 4.90 Å². The third kappa shape index (κ3) is 3.56. The first-order chi connectivity index (χ1) is 10.2. The fourth-order valence-electron chi connectivity index (χ4n) is 2.61. The second kappa shape index (κ2) is 6.48. The van der Waals surface area contributed by atoms with Gasteiger partial charge in [-0.2, -0.15) is 0 Å². The summed E-state index contributed by atoms with van der Waals surface area (Å²) in [5, 5.41) is 10.6. The van der Waals surface area contributed by atoms with E-state index in [9.17, 15) is 5.11 Å². The summed E-state index contributed by atoms with van der Waals surface area (Å²) in [7, 11) is 0. The van der Waals surface area contributed by atoms with E-state index in [1.54, 1.807) is 6.07 Å². The summed E-state index contributed by atoms with van der Waals surface area (Å²) < 4.78 is 5.85. The molecule has 3 rings (SSSR count). The van der Waals surface area contributed by atoms with Crippen LogP contribution in [0.3, 0.4) is 0 Å². The van der Waals surface area contributed by atoms with Crippen molar-refractivity contribution in [3.63, 3.8) is 0 Å². The highest BCUT2D eigenvalue weighted by molar-refractivity contribution is 6.30. The summed E-state index contributed by atoms with van der Waals surface area (Å²) in [5.41, 5.74) is 2.09. The molecule has 21 heavy (non-hydrogen) atoms. The van der Waals surface area contributed by atoms with Gasteiger partial charge in [-0.25, -0.2) is 0 Å². The molecule has 1 heterocycles. The molecule has 0 bridgehead atoms. The summed E-state index contributed by atoms with van der Waals surface area (Å²) in [6.07, 6.45) is 0.0573. The maximum absolute atomic E-state index is 9.88. The average molecular weight is 304 g/mol. The Morgan fingerprint density at radius 1 is 1.14 bits per heavy atom. The molecule has 0 spiro atoms. The van der Waals surface area contributed by atoms with Crippen molar-refractivity contribution in [3.8, 4) is 5.75 Å². The first-order valence-electron chi connectivity index (χ1n) is 7.08. The van der Waals surface area contributed by atoms with Crippen LogP contribution in [0.1, 0.15) is 17.2 Å². The number of hydrogen-bond donors (Lipinski definition) is 1. The molecule has 4 heteroatoms. The van der Waals surface area contributed by atoms with Crippen LogP contribution < -0.4 is 0 Å². The fraction of sp³-hybridized carbons (Fsp3) is 0.294. The quantitative estimate of drug-likeness (QED) is 0.940. The molecule has 0 aromatic heterocycles. The van der Waals surface area contributed by atoms with Gasteiger partial charge in [0, 0.05) is 30.2 Å². The van der Waals surface area contributed by atoms with E-state index in [1.807, 2.05) is 42.5 Å². The maximum atomic E-state index is 9.88. The number of phenols is 1. The van der Waals surface area contributed by atoms with E-state index in [1.165, 1.54) is 0 Å². The molecule has 1 atom stereocenters. The topological polar surface area (TPSA) is 32.7 Å². The SMILES string of the molecule is Oc1ccccc1CN1CCOC(c2ccc(Cl)cc2)C1. The number of nitrogens with zero attached hydrogens (tertiary/aromatic N) is 1. The van der Waals surface area contributed by atoms with Gasteiger partial charge in [-0.15, -0.1) is 0 Å². The lowest BCUT2D eigenvalue weighted by Gasteiger charge is -2.33. The van der Waals surface area contributed by atoms with Gasteiger partial charge in [0.2, 0.25) is 0 Å². The fourth-order valence-corrected chi connectivity index (χ4v) is 2.74. The summed E-state index contributed by atoms with van der Waals surface area (Å²) >= 11 is 5.92. The van der Waals surface area contributed by atoms with Crippen LogP contribution in [0.2, 0.25) is 5.02 Å². The molecule has 1 aliphatic heterocycles. The largest absolute Gasteiger partial charge is 0.508 e. The highest BCUT2D eigenvalue weighted by atomic mass is 35.5. The van der Waals surface area contributed by atoms with Gasteiger partial charge < -0.3 is 9.84 Å². The number of rotatable bonds is 3. The Kier molecular flexibility index (Phi) is 4.44. The van der Waals surface area contributed by atoms with Crippen molar-refractivity contribution in [3.05, 3.63) is 64.7 Å². The Morgan fingerprint density at radius 2 is 1.90 bits per heavy atom. The highest BCUT2D eigenvalue weighted by Gasteiger charge is 2.22. The first-order valence-corrected chi connectivity index (χ1v) is 7.46. The Bertz CT molecular complexity index is 600. The number of morpholine rings is 1. The molecule has 2 aromatic carbocycles. The molecule has 1 saturated heterocycles. The summed E-state index contributed by atoms with van der Waals surface area (Å²) in [6, 6.07) is 15.3. The van der Waals surface area contributed by atoms with Gasteiger partial charge in [0.05, 0.1) is 12.7 Å². The highest BCUT2D eigenvalue weighted by Crippen LogP contribution is 2.26. The second-order valence-corrected chi connectivity index (χ2v) is 5.71. The molecule has 0 amide bonds. The summed E-state index contributed by atoms with van der Waals surface area (Å²) in [4.78, 5) is 2.30. The smallest absolute Gasteiger partial charge is 0.120 e. The van der Waals surface area contributed by atoms with Crippen molar-refractivity contribution in [2.24, 2.45) is 0 Å². The molecule has 0 radical (unpaired) electrons. The van der Waals surface area contributed by atoms with Crippen LogP contribution in [0.15, 0.2) is 48.5 Å². The number of ether oxygens (including phenoxy) is 1. The Morgan fingerprint density at radius 3 is 2.67 bits per heavy atom. The van der Waals surface area contributed by atoms with E-state index >= 15 is 0 Å². The zero-order valence-corrected chi connectivity index (χ0v) is 12.5. The van der Waals surface area contributed by atoms with E-state index in [0.29, 0.717) is 12.4 Å². The van der Waals surface area contributed by atoms with Crippen LogP contribution in [0.25, 0.3) is 0 Å². The van der Waals surface area contributed by atoms with Crippen LogP contribution in [0.4, 0.5) is 0 Å². The van der Waals surface area contributed by atoms with Gasteiger partial charge in [0.25, 0.3) is 0 Å². The van der Waals surface area contributed by atoms with Crippen molar-refractivity contribution in [1.29, 1.82) is 0 Å². The lowest BCUT2D eigenvalue weighted by atomic mass is 10.1. The minimum Gasteiger partial charge on any atom is -0.508 e. The van der Waals surface area contributed by atoms with Gasteiger partial charge in [0.1, 0.15) is 5.75 Å². The Labute approximate surface area is 129 Å². The predicted molar refractivity (Wildman–Crippen MR) is 83.5 cm³/mol. The van der Waals surface area contributed by atoms with Crippen LogP contribution in [0.5, 0.6) is 5.75 Å². The molecular weight excluding hydrogens is 286 g/mol. The van der Waals surface area contributed by atoms with Gasteiger partial charge >= 0.3 is 0 Å².